The third-order valence-electron chi connectivity index (χ3n) is 2.36. The standard InChI is InChI=1S/C10H11NO4S2/c1-2-11-17(14,15)9-4-3-8-5-6-16(12,13)10(8)7-9/h3-7,11H,2H2,1H3. The van der Waals surface area contributed by atoms with E-state index in [1.807, 2.05) is 0 Å². The van der Waals surface area contributed by atoms with Gasteiger partial charge in [-0.25, -0.2) is 21.6 Å². The van der Waals surface area contributed by atoms with E-state index in [0.29, 0.717) is 5.56 Å². The van der Waals surface area contributed by atoms with Gasteiger partial charge in [0.15, 0.2) is 9.84 Å². The molecule has 5 nitrogen and oxygen atoms in total. The molecule has 1 aliphatic heterocycles. The van der Waals surface area contributed by atoms with Crippen LogP contribution in [0.5, 0.6) is 0 Å². The smallest absolute Gasteiger partial charge is 0.219 e. The summed E-state index contributed by atoms with van der Waals surface area (Å²) in [6.45, 7) is 1.91. The molecule has 7 heteroatoms. The molecule has 17 heavy (non-hydrogen) atoms. The minimum Gasteiger partial charge on any atom is -0.219 e. The van der Waals surface area contributed by atoms with Gasteiger partial charge >= 0.3 is 0 Å². The van der Waals surface area contributed by atoms with E-state index in [9.17, 15) is 16.8 Å². The molecule has 0 saturated carbocycles. The minimum absolute atomic E-state index is 0.0367. The average Bonchev–Trinajstić information content (AvgIpc) is 2.55. The molecule has 1 aliphatic rings. The van der Waals surface area contributed by atoms with E-state index >= 15 is 0 Å². The fraction of sp³-hybridized carbons (Fsp3) is 0.200. The quantitative estimate of drug-likeness (QED) is 0.881. The second-order valence-electron chi connectivity index (χ2n) is 3.55. The Morgan fingerprint density at radius 1 is 1.29 bits per heavy atom. The number of sulfonamides is 1. The van der Waals surface area contributed by atoms with E-state index in [-0.39, 0.29) is 16.3 Å². The summed E-state index contributed by atoms with van der Waals surface area (Å²) in [5.41, 5.74) is 0.514. The van der Waals surface area contributed by atoms with E-state index in [0.717, 1.165) is 5.41 Å². The molecule has 0 saturated heterocycles. The first-order chi connectivity index (χ1) is 7.87. The van der Waals surface area contributed by atoms with Crippen molar-refractivity contribution in [1.29, 1.82) is 0 Å². The molecule has 0 atom stereocenters. The molecular formula is C10H11NO4S2. The third kappa shape index (κ3) is 2.13. The van der Waals surface area contributed by atoms with Gasteiger partial charge < -0.3 is 0 Å². The second-order valence-corrected chi connectivity index (χ2v) is 7.12. The Balaban J connectivity index is 2.58. The van der Waals surface area contributed by atoms with Gasteiger partial charge in [0, 0.05) is 12.0 Å². The molecule has 0 spiro atoms. The maximum Gasteiger partial charge on any atom is 0.240 e. The highest BCUT2D eigenvalue weighted by atomic mass is 32.2. The van der Waals surface area contributed by atoms with E-state index in [1.165, 1.54) is 24.3 Å². The Labute approximate surface area is 100 Å². The van der Waals surface area contributed by atoms with Crippen LogP contribution >= 0.6 is 0 Å². The summed E-state index contributed by atoms with van der Waals surface area (Å²) in [6, 6.07) is 4.06. The van der Waals surface area contributed by atoms with Gasteiger partial charge in [-0.1, -0.05) is 13.0 Å². The lowest BCUT2D eigenvalue weighted by Crippen LogP contribution is -2.23. The molecular weight excluding hydrogens is 262 g/mol. The zero-order chi connectivity index (χ0) is 12.7. The number of nitrogens with one attached hydrogen (secondary N) is 1. The summed E-state index contributed by atoms with van der Waals surface area (Å²) >= 11 is 0. The van der Waals surface area contributed by atoms with Crippen LogP contribution in [0.1, 0.15) is 12.5 Å². The fourth-order valence-corrected chi connectivity index (χ4v) is 3.95. The lowest BCUT2D eigenvalue weighted by molar-refractivity contribution is 0.583. The van der Waals surface area contributed by atoms with Gasteiger partial charge in [-0.3, -0.25) is 0 Å². The van der Waals surface area contributed by atoms with Gasteiger partial charge in [-0.15, -0.1) is 0 Å². The molecule has 0 aromatic heterocycles. The Morgan fingerprint density at radius 2 is 2.00 bits per heavy atom. The van der Waals surface area contributed by atoms with Gasteiger partial charge in [-0.05, 0) is 23.8 Å². The van der Waals surface area contributed by atoms with E-state index in [1.54, 1.807) is 6.92 Å². The maximum atomic E-state index is 11.7. The molecule has 1 aromatic carbocycles. The highest BCUT2D eigenvalue weighted by Crippen LogP contribution is 2.28. The first kappa shape index (κ1) is 12.3. The SMILES string of the molecule is CCNS(=O)(=O)c1ccc2c(c1)S(=O)(=O)C=C2. The molecule has 92 valence electrons. The van der Waals surface area contributed by atoms with Crippen molar-refractivity contribution in [2.45, 2.75) is 16.7 Å². The number of hydrogen-bond donors (Lipinski definition) is 1. The van der Waals surface area contributed by atoms with Crippen molar-refractivity contribution in [2.24, 2.45) is 0 Å². The van der Waals surface area contributed by atoms with Crippen molar-refractivity contribution >= 4 is 25.9 Å². The lowest BCUT2D eigenvalue weighted by Gasteiger charge is -2.06. The molecule has 0 amide bonds. The van der Waals surface area contributed by atoms with Crippen LogP contribution in [0.3, 0.4) is 0 Å². The van der Waals surface area contributed by atoms with Crippen molar-refractivity contribution in [2.75, 3.05) is 6.54 Å². The Kier molecular flexibility index (Phi) is 2.84. The predicted molar refractivity (Wildman–Crippen MR) is 63.5 cm³/mol. The predicted octanol–water partition coefficient (Wildman–Crippen LogP) is 0.743. The summed E-state index contributed by atoms with van der Waals surface area (Å²) in [7, 11) is -7.10. The normalized spacial score (nSPS) is 17.0. The van der Waals surface area contributed by atoms with Crippen molar-refractivity contribution in [3.05, 3.63) is 29.2 Å². The molecule has 0 radical (unpaired) electrons. The highest BCUT2D eigenvalue weighted by molar-refractivity contribution is 7.95. The second kappa shape index (κ2) is 3.94. The summed E-state index contributed by atoms with van der Waals surface area (Å²) in [5, 5.41) is 1.07. The van der Waals surface area contributed by atoms with E-state index in [2.05, 4.69) is 4.72 Å². The lowest BCUT2D eigenvalue weighted by atomic mass is 10.2. The van der Waals surface area contributed by atoms with Crippen molar-refractivity contribution < 1.29 is 16.8 Å². The highest BCUT2D eigenvalue weighted by Gasteiger charge is 2.23. The number of rotatable bonds is 3. The van der Waals surface area contributed by atoms with Gasteiger partial charge in [-0.2, -0.15) is 0 Å². The summed E-state index contributed by atoms with van der Waals surface area (Å²) < 4.78 is 48.9. The van der Waals surface area contributed by atoms with E-state index < -0.39 is 19.9 Å². The molecule has 0 bridgehead atoms. The largest absolute Gasteiger partial charge is 0.240 e. The Bertz CT molecular complexity index is 687. The summed E-state index contributed by atoms with van der Waals surface area (Å²) in [6.07, 6.45) is 1.45. The number of fused-ring (bicyclic) bond motifs is 1. The first-order valence-electron chi connectivity index (χ1n) is 4.94. The molecule has 0 fully saturated rings. The van der Waals surface area contributed by atoms with Crippen LogP contribution in [0.4, 0.5) is 0 Å². The number of hydrogen-bond acceptors (Lipinski definition) is 4. The van der Waals surface area contributed by atoms with Crippen LogP contribution in [-0.2, 0) is 19.9 Å². The Hall–Kier alpha value is -1.18. The van der Waals surface area contributed by atoms with Crippen molar-refractivity contribution in [1.82, 2.24) is 4.72 Å². The summed E-state index contributed by atoms with van der Waals surface area (Å²) in [5.74, 6) is 0. The van der Waals surface area contributed by atoms with Crippen LogP contribution in [0.2, 0.25) is 0 Å². The van der Waals surface area contributed by atoms with Crippen LogP contribution in [0.25, 0.3) is 6.08 Å². The van der Waals surface area contributed by atoms with Crippen molar-refractivity contribution in [3.63, 3.8) is 0 Å². The van der Waals surface area contributed by atoms with E-state index in [4.69, 9.17) is 0 Å². The van der Waals surface area contributed by atoms with Gasteiger partial charge in [0.1, 0.15) is 0 Å². The third-order valence-corrected chi connectivity index (χ3v) is 5.37. The molecule has 1 aromatic rings. The molecule has 0 aliphatic carbocycles. The van der Waals surface area contributed by atoms with Crippen LogP contribution in [0.15, 0.2) is 33.4 Å². The molecule has 0 unspecified atom stereocenters. The van der Waals surface area contributed by atoms with Gasteiger partial charge in [0.05, 0.1) is 9.79 Å². The van der Waals surface area contributed by atoms with Gasteiger partial charge in [0.2, 0.25) is 10.0 Å². The zero-order valence-electron chi connectivity index (χ0n) is 9.04. The maximum absolute atomic E-state index is 11.7. The van der Waals surface area contributed by atoms with Crippen LogP contribution in [-0.4, -0.2) is 23.4 Å². The molecule has 1 N–H and O–H groups in total. The van der Waals surface area contributed by atoms with Crippen LogP contribution < -0.4 is 4.72 Å². The molecule has 2 rings (SSSR count). The van der Waals surface area contributed by atoms with Gasteiger partial charge in [0.25, 0.3) is 0 Å². The topological polar surface area (TPSA) is 80.3 Å². The molecule has 1 heterocycles. The van der Waals surface area contributed by atoms with Crippen LogP contribution in [0, 0.1) is 0 Å². The Morgan fingerprint density at radius 3 is 2.65 bits per heavy atom. The fourth-order valence-electron chi connectivity index (χ4n) is 1.58. The monoisotopic (exact) mass is 273 g/mol. The first-order valence-corrected chi connectivity index (χ1v) is 7.96. The number of benzene rings is 1. The number of sulfone groups is 1. The zero-order valence-corrected chi connectivity index (χ0v) is 10.7. The van der Waals surface area contributed by atoms with Crippen molar-refractivity contribution in [3.8, 4) is 0 Å². The average molecular weight is 273 g/mol. The summed E-state index contributed by atoms with van der Waals surface area (Å²) in [4.78, 5) is 0.00172. The minimum atomic E-state index is -3.62.